The minimum atomic E-state index is 0.620. The van der Waals surface area contributed by atoms with Crippen molar-refractivity contribution < 1.29 is 0 Å². The molecule has 0 spiro atoms. The summed E-state index contributed by atoms with van der Waals surface area (Å²) in [6.45, 7) is 4.23. The third-order valence-electron chi connectivity index (χ3n) is 4.52. The summed E-state index contributed by atoms with van der Waals surface area (Å²) in [5.74, 6) is 0. The number of nitrogens with two attached hydrogens (primary N) is 1. The molecule has 4 nitrogen and oxygen atoms in total. The van der Waals surface area contributed by atoms with Crippen molar-refractivity contribution in [1.82, 2.24) is 9.88 Å². The van der Waals surface area contributed by atoms with Gasteiger partial charge in [-0.3, -0.25) is 4.98 Å². The van der Waals surface area contributed by atoms with Crippen LogP contribution in [-0.4, -0.2) is 43.1 Å². The zero-order valence-electron chi connectivity index (χ0n) is 13.1. The van der Waals surface area contributed by atoms with Gasteiger partial charge in [0.2, 0.25) is 0 Å². The van der Waals surface area contributed by atoms with E-state index in [4.69, 9.17) is 5.73 Å². The SMILES string of the molecule is Cc1cc2c(N3CCCC(N(C)C)C3)ccc(N)c2cn1. The number of hydrogen-bond acceptors (Lipinski definition) is 4. The number of benzene rings is 1. The van der Waals surface area contributed by atoms with E-state index in [0.29, 0.717) is 6.04 Å². The summed E-state index contributed by atoms with van der Waals surface area (Å²) >= 11 is 0. The smallest absolute Gasteiger partial charge is 0.0449 e. The number of piperidine rings is 1. The number of aryl methyl sites for hydroxylation is 1. The molecule has 21 heavy (non-hydrogen) atoms. The standard InChI is InChI=1S/C17H24N4/c1-12-9-14-15(10-19-12)16(18)6-7-17(14)21-8-4-5-13(11-21)20(2)3/h6-7,9-10,13H,4-5,8,11,18H2,1-3H3. The van der Waals surface area contributed by atoms with Gasteiger partial charge in [-0.1, -0.05) is 0 Å². The van der Waals surface area contributed by atoms with Gasteiger partial charge in [-0.2, -0.15) is 0 Å². The highest BCUT2D eigenvalue weighted by atomic mass is 15.2. The molecule has 1 aliphatic heterocycles. The molecular formula is C17H24N4. The van der Waals surface area contributed by atoms with Crippen LogP contribution in [0.1, 0.15) is 18.5 Å². The molecule has 0 saturated carbocycles. The van der Waals surface area contributed by atoms with Crippen LogP contribution in [0.15, 0.2) is 24.4 Å². The quantitative estimate of drug-likeness (QED) is 0.861. The van der Waals surface area contributed by atoms with Crippen molar-refractivity contribution in [2.75, 3.05) is 37.8 Å². The van der Waals surface area contributed by atoms with E-state index in [-0.39, 0.29) is 0 Å². The number of fused-ring (bicyclic) bond motifs is 1. The van der Waals surface area contributed by atoms with Crippen LogP contribution in [0.3, 0.4) is 0 Å². The van der Waals surface area contributed by atoms with E-state index in [1.54, 1.807) is 0 Å². The summed E-state index contributed by atoms with van der Waals surface area (Å²) in [6.07, 6.45) is 4.41. The number of pyridine rings is 1. The second-order valence-corrected chi connectivity index (χ2v) is 6.25. The number of rotatable bonds is 2. The number of aromatic nitrogens is 1. The molecule has 1 aromatic heterocycles. The average Bonchev–Trinajstić information content (AvgIpc) is 2.47. The Bertz CT molecular complexity index is 651. The summed E-state index contributed by atoms with van der Waals surface area (Å²) < 4.78 is 0. The highest BCUT2D eigenvalue weighted by Gasteiger charge is 2.23. The zero-order chi connectivity index (χ0) is 15.0. The lowest BCUT2D eigenvalue weighted by Crippen LogP contribution is -2.45. The molecule has 0 radical (unpaired) electrons. The Morgan fingerprint density at radius 2 is 2.10 bits per heavy atom. The predicted octanol–water partition coefficient (Wildman–Crippen LogP) is 2.66. The van der Waals surface area contributed by atoms with Crippen molar-refractivity contribution in [3.63, 3.8) is 0 Å². The van der Waals surface area contributed by atoms with E-state index in [1.807, 2.05) is 19.2 Å². The average molecular weight is 284 g/mol. The molecular weight excluding hydrogens is 260 g/mol. The Balaban J connectivity index is 2.04. The van der Waals surface area contributed by atoms with Crippen LogP contribution in [0.2, 0.25) is 0 Å². The highest BCUT2D eigenvalue weighted by Crippen LogP contribution is 2.32. The number of likely N-dealkylation sites (N-methyl/N-ethyl adjacent to an activating group) is 1. The molecule has 1 unspecified atom stereocenters. The lowest BCUT2D eigenvalue weighted by atomic mass is 10.0. The van der Waals surface area contributed by atoms with Gasteiger partial charge in [-0.15, -0.1) is 0 Å². The molecule has 1 atom stereocenters. The van der Waals surface area contributed by atoms with Crippen LogP contribution in [0.5, 0.6) is 0 Å². The largest absolute Gasteiger partial charge is 0.398 e. The van der Waals surface area contributed by atoms with E-state index in [9.17, 15) is 0 Å². The zero-order valence-corrected chi connectivity index (χ0v) is 13.1. The molecule has 112 valence electrons. The molecule has 1 aliphatic rings. The first kappa shape index (κ1) is 14.1. The Morgan fingerprint density at radius 3 is 2.86 bits per heavy atom. The maximum absolute atomic E-state index is 6.11. The molecule has 1 saturated heterocycles. The molecule has 2 N–H and O–H groups in total. The van der Waals surface area contributed by atoms with Gasteiger partial charge in [0, 0.05) is 53.2 Å². The third kappa shape index (κ3) is 2.68. The lowest BCUT2D eigenvalue weighted by molar-refractivity contribution is 0.258. The second-order valence-electron chi connectivity index (χ2n) is 6.25. The monoisotopic (exact) mass is 284 g/mol. The van der Waals surface area contributed by atoms with Crippen LogP contribution in [0, 0.1) is 6.92 Å². The number of hydrogen-bond donors (Lipinski definition) is 1. The van der Waals surface area contributed by atoms with Gasteiger partial charge < -0.3 is 15.5 Å². The molecule has 2 aromatic rings. The fourth-order valence-corrected chi connectivity index (χ4v) is 3.22. The summed E-state index contributed by atoms with van der Waals surface area (Å²) in [7, 11) is 4.34. The maximum Gasteiger partial charge on any atom is 0.0449 e. The summed E-state index contributed by atoms with van der Waals surface area (Å²) in [5, 5.41) is 2.28. The molecule has 3 rings (SSSR count). The Hall–Kier alpha value is -1.81. The first-order valence-corrected chi connectivity index (χ1v) is 7.62. The first-order valence-electron chi connectivity index (χ1n) is 7.62. The molecule has 1 fully saturated rings. The van der Waals surface area contributed by atoms with Gasteiger partial charge in [0.1, 0.15) is 0 Å². The minimum Gasteiger partial charge on any atom is -0.398 e. The van der Waals surface area contributed by atoms with Gasteiger partial charge in [0.25, 0.3) is 0 Å². The molecule has 2 heterocycles. The first-order chi connectivity index (χ1) is 10.1. The third-order valence-corrected chi connectivity index (χ3v) is 4.52. The Labute approximate surface area is 126 Å². The van der Waals surface area contributed by atoms with Gasteiger partial charge in [-0.05, 0) is 52.1 Å². The summed E-state index contributed by atoms with van der Waals surface area (Å²) in [4.78, 5) is 9.22. The van der Waals surface area contributed by atoms with E-state index in [2.05, 4.69) is 41.0 Å². The van der Waals surface area contributed by atoms with Crippen molar-refractivity contribution in [2.24, 2.45) is 0 Å². The van der Waals surface area contributed by atoms with Crippen LogP contribution in [0.25, 0.3) is 10.8 Å². The van der Waals surface area contributed by atoms with Crippen LogP contribution in [0.4, 0.5) is 11.4 Å². The summed E-state index contributed by atoms with van der Waals surface area (Å²) in [6, 6.07) is 6.94. The topological polar surface area (TPSA) is 45.4 Å². The number of anilines is 2. The highest BCUT2D eigenvalue weighted by molar-refractivity contribution is 6.01. The van der Waals surface area contributed by atoms with Gasteiger partial charge >= 0.3 is 0 Å². The minimum absolute atomic E-state index is 0.620. The lowest BCUT2D eigenvalue weighted by Gasteiger charge is -2.38. The van der Waals surface area contributed by atoms with Crippen LogP contribution < -0.4 is 10.6 Å². The maximum atomic E-state index is 6.11. The Kier molecular flexibility index (Phi) is 3.72. The van der Waals surface area contributed by atoms with E-state index in [0.717, 1.165) is 29.9 Å². The van der Waals surface area contributed by atoms with Crippen molar-refractivity contribution in [1.29, 1.82) is 0 Å². The van der Waals surface area contributed by atoms with E-state index in [1.165, 1.54) is 23.9 Å². The predicted molar refractivity (Wildman–Crippen MR) is 89.8 cm³/mol. The van der Waals surface area contributed by atoms with Crippen LogP contribution in [-0.2, 0) is 0 Å². The van der Waals surface area contributed by atoms with Crippen molar-refractivity contribution in [2.45, 2.75) is 25.8 Å². The van der Waals surface area contributed by atoms with E-state index >= 15 is 0 Å². The molecule has 0 amide bonds. The fraction of sp³-hybridized carbons (Fsp3) is 0.471. The van der Waals surface area contributed by atoms with Gasteiger partial charge in [0.15, 0.2) is 0 Å². The Morgan fingerprint density at radius 1 is 1.29 bits per heavy atom. The molecule has 0 aliphatic carbocycles. The van der Waals surface area contributed by atoms with Gasteiger partial charge in [-0.25, -0.2) is 0 Å². The molecule has 0 bridgehead atoms. The summed E-state index contributed by atoms with van der Waals surface area (Å²) in [5.41, 5.74) is 9.25. The van der Waals surface area contributed by atoms with Crippen LogP contribution >= 0.6 is 0 Å². The molecule has 4 heteroatoms. The van der Waals surface area contributed by atoms with Gasteiger partial charge in [0.05, 0.1) is 0 Å². The van der Waals surface area contributed by atoms with Crippen molar-refractivity contribution >= 4 is 22.1 Å². The number of nitrogen functional groups attached to an aromatic ring is 1. The van der Waals surface area contributed by atoms with Crippen molar-refractivity contribution in [3.8, 4) is 0 Å². The van der Waals surface area contributed by atoms with Crippen molar-refractivity contribution in [3.05, 3.63) is 30.1 Å². The molecule has 1 aromatic carbocycles. The number of nitrogens with zero attached hydrogens (tertiary/aromatic N) is 3. The van der Waals surface area contributed by atoms with E-state index < -0.39 is 0 Å². The normalized spacial score (nSPS) is 19.4. The second kappa shape index (κ2) is 5.53. The fourth-order valence-electron chi connectivity index (χ4n) is 3.22.